The maximum Gasteiger partial charge on any atom is 0.312 e. The van der Waals surface area contributed by atoms with Gasteiger partial charge in [-0.1, -0.05) is 13.3 Å². The number of cyclic esters (lactones) is 1. The van der Waals surface area contributed by atoms with Crippen molar-refractivity contribution in [1.82, 2.24) is 0 Å². The van der Waals surface area contributed by atoms with Crippen LogP contribution in [-0.2, 0) is 9.53 Å². The SMILES string of the molecule is C[C@H]1CC[C@H]2[C@H](C1)[C@@H]1C[C@@H]1[C@@H]1COC(=O)[C@]21C. The molecule has 0 spiro atoms. The molecule has 94 valence electrons. The minimum atomic E-state index is -0.123. The summed E-state index contributed by atoms with van der Waals surface area (Å²) in [5.41, 5.74) is -0.123. The van der Waals surface area contributed by atoms with Gasteiger partial charge in [0, 0.05) is 5.92 Å². The molecule has 0 unspecified atom stereocenters. The van der Waals surface area contributed by atoms with Gasteiger partial charge < -0.3 is 4.74 Å². The van der Waals surface area contributed by atoms with Crippen LogP contribution in [0.5, 0.6) is 0 Å². The summed E-state index contributed by atoms with van der Waals surface area (Å²) in [4.78, 5) is 12.2. The third kappa shape index (κ3) is 1.15. The first kappa shape index (κ1) is 10.4. The zero-order valence-electron chi connectivity index (χ0n) is 10.8. The summed E-state index contributed by atoms with van der Waals surface area (Å²) in [5, 5.41) is 0. The van der Waals surface area contributed by atoms with E-state index >= 15 is 0 Å². The molecule has 1 aliphatic heterocycles. The summed E-state index contributed by atoms with van der Waals surface area (Å²) < 4.78 is 5.44. The van der Waals surface area contributed by atoms with E-state index in [1.165, 1.54) is 25.7 Å². The molecule has 17 heavy (non-hydrogen) atoms. The van der Waals surface area contributed by atoms with Crippen molar-refractivity contribution in [3.8, 4) is 0 Å². The van der Waals surface area contributed by atoms with Crippen LogP contribution in [0.25, 0.3) is 0 Å². The summed E-state index contributed by atoms with van der Waals surface area (Å²) in [6.45, 7) is 5.32. The fraction of sp³-hybridized carbons (Fsp3) is 0.933. The number of hydrogen-bond donors (Lipinski definition) is 0. The molecule has 0 amide bonds. The molecule has 0 aromatic carbocycles. The molecule has 0 aromatic rings. The smallest absolute Gasteiger partial charge is 0.312 e. The Morgan fingerprint density at radius 1 is 1.12 bits per heavy atom. The van der Waals surface area contributed by atoms with Gasteiger partial charge in [-0.15, -0.1) is 0 Å². The molecule has 7 atom stereocenters. The van der Waals surface area contributed by atoms with E-state index in [0.717, 1.165) is 30.3 Å². The second kappa shape index (κ2) is 3.07. The van der Waals surface area contributed by atoms with Crippen molar-refractivity contribution < 1.29 is 9.53 Å². The van der Waals surface area contributed by atoms with E-state index in [0.29, 0.717) is 11.8 Å². The van der Waals surface area contributed by atoms with E-state index in [1.807, 2.05) is 0 Å². The zero-order valence-corrected chi connectivity index (χ0v) is 10.8. The molecule has 3 aliphatic carbocycles. The van der Waals surface area contributed by atoms with E-state index in [9.17, 15) is 4.79 Å². The molecule has 0 aromatic heterocycles. The van der Waals surface area contributed by atoms with Gasteiger partial charge in [-0.3, -0.25) is 4.79 Å². The monoisotopic (exact) mass is 234 g/mol. The summed E-state index contributed by atoms with van der Waals surface area (Å²) in [6, 6.07) is 0. The van der Waals surface area contributed by atoms with Crippen LogP contribution < -0.4 is 0 Å². The highest BCUT2D eigenvalue weighted by molar-refractivity contribution is 5.79. The predicted molar refractivity (Wildman–Crippen MR) is 64.1 cm³/mol. The molecule has 2 heteroatoms. The number of hydrogen-bond acceptors (Lipinski definition) is 2. The van der Waals surface area contributed by atoms with Crippen molar-refractivity contribution in [2.75, 3.05) is 6.61 Å². The van der Waals surface area contributed by atoms with Gasteiger partial charge in [0.1, 0.15) is 0 Å². The van der Waals surface area contributed by atoms with E-state index < -0.39 is 0 Å². The van der Waals surface area contributed by atoms with Gasteiger partial charge in [0.15, 0.2) is 0 Å². The van der Waals surface area contributed by atoms with Gasteiger partial charge >= 0.3 is 5.97 Å². The van der Waals surface area contributed by atoms with Crippen LogP contribution in [0.1, 0.15) is 39.5 Å². The maximum absolute atomic E-state index is 12.2. The lowest BCUT2D eigenvalue weighted by Gasteiger charge is -2.48. The predicted octanol–water partition coefficient (Wildman–Crippen LogP) is 2.87. The Morgan fingerprint density at radius 2 is 1.88 bits per heavy atom. The highest BCUT2D eigenvalue weighted by Crippen LogP contribution is 2.69. The van der Waals surface area contributed by atoms with Crippen LogP contribution in [0.4, 0.5) is 0 Å². The number of rotatable bonds is 0. The van der Waals surface area contributed by atoms with Crippen LogP contribution in [0.15, 0.2) is 0 Å². The summed E-state index contributed by atoms with van der Waals surface area (Å²) >= 11 is 0. The van der Waals surface area contributed by atoms with Gasteiger partial charge in [-0.2, -0.15) is 0 Å². The fourth-order valence-electron chi connectivity index (χ4n) is 5.47. The Balaban J connectivity index is 1.74. The Labute approximate surface area is 103 Å². The first-order valence-electron chi connectivity index (χ1n) is 7.29. The largest absolute Gasteiger partial charge is 0.465 e. The lowest BCUT2D eigenvalue weighted by atomic mass is 9.53. The standard InChI is InChI=1S/C15H22O2/c1-8-3-4-12-10(5-8)9-6-11(9)13-7-17-14(16)15(12,13)2/h8-13H,3-7H2,1-2H3/t8-,9-,10+,11-,12-,13-,15+/m0/s1. The minimum Gasteiger partial charge on any atom is -0.465 e. The second-order valence-corrected chi connectivity index (χ2v) is 7.24. The minimum absolute atomic E-state index is 0.123. The zero-order chi connectivity index (χ0) is 11.8. The number of carbonyl (C=O) groups excluding carboxylic acids is 1. The van der Waals surface area contributed by atoms with Crippen molar-refractivity contribution >= 4 is 5.97 Å². The van der Waals surface area contributed by atoms with Crippen molar-refractivity contribution in [3.05, 3.63) is 0 Å². The third-order valence-corrected chi connectivity index (χ3v) is 6.49. The molecular weight excluding hydrogens is 212 g/mol. The highest BCUT2D eigenvalue weighted by Gasteiger charge is 2.68. The normalized spacial score (nSPS) is 60.0. The van der Waals surface area contributed by atoms with Crippen LogP contribution in [-0.4, -0.2) is 12.6 Å². The van der Waals surface area contributed by atoms with Crippen molar-refractivity contribution in [3.63, 3.8) is 0 Å². The molecule has 4 rings (SSSR count). The maximum atomic E-state index is 12.2. The molecule has 0 N–H and O–H groups in total. The lowest BCUT2D eigenvalue weighted by Crippen LogP contribution is -2.48. The molecule has 4 aliphatic rings. The highest BCUT2D eigenvalue weighted by atomic mass is 16.5. The Bertz CT molecular complexity index is 377. The van der Waals surface area contributed by atoms with Crippen LogP contribution >= 0.6 is 0 Å². The molecular formula is C15H22O2. The Morgan fingerprint density at radius 3 is 2.71 bits per heavy atom. The average Bonchev–Trinajstić information content (AvgIpc) is 3.02. The van der Waals surface area contributed by atoms with Crippen LogP contribution in [0, 0.1) is 40.9 Å². The topological polar surface area (TPSA) is 26.3 Å². The molecule has 3 saturated carbocycles. The van der Waals surface area contributed by atoms with E-state index in [4.69, 9.17) is 4.74 Å². The van der Waals surface area contributed by atoms with Gasteiger partial charge in [-0.05, 0) is 55.8 Å². The van der Waals surface area contributed by atoms with Crippen molar-refractivity contribution in [2.45, 2.75) is 39.5 Å². The van der Waals surface area contributed by atoms with Gasteiger partial charge in [0.2, 0.25) is 0 Å². The molecule has 2 nitrogen and oxygen atoms in total. The molecule has 1 saturated heterocycles. The number of ether oxygens (including phenoxy) is 1. The number of fused-ring (bicyclic) bond motifs is 6. The van der Waals surface area contributed by atoms with Gasteiger partial charge in [0.25, 0.3) is 0 Å². The van der Waals surface area contributed by atoms with Crippen molar-refractivity contribution in [2.24, 2.45) is 40.9 Å². The molecule has 1 heterocycles. The first-order chi connectivity index (χ1) is 8.12. The summed E-state index contributed by atoms with van der Waals surface area (Å²) in [5.74, 6) is 4.76. The Kier molecular flexibility index (Phi) is 1.88. The summed E-state index contributed by atoms with van der Waals surface area (Å²) in [6.07, 6.45) is 5.32. The fourth-order valence-corrected chi connectivity index (χ4v) is 5.47. The van der Waals surface area contributed by atoms with Crippen LogP contribution in [0.2, 0.25) is 0 Å². The second-order valence-electron chi connectivity index (χ2n) is 7.24. The van der Waals surface area contributed by atoms with Gasteiger partial charge in [0.05, 0.1) is 12.0 Å². The van der Waals surface area contributed by atoms with Crippen LogP contribution in [0.3, 0.4) is 0 Å². The quantitative estimate of drug-likeness (QED) is 0.602. The number of esters is 1. The average molecular weight is 234 g/mol. The van der Waals surface area contributed by atoms with E-state index in [1.54, 1.807) is 0 Å². The van der Waals surface area contributed by atoms with E-state index in [2.05, 4.69) is 13.8 Å². The lowest BCUT2D eigenvalue weighted by molar-refractivity contribution is -0.152. The van der Waals surface area contributed by atoms with E-state index in [-0.39, 0.29) is 11.4 Å². The molecule has 0 bridgehead atoms. The Hall–Kier alpha value is -0.530. The summed E-state index contributed by atoms with van der Waals surface area (Å²) in [7, 11) is 0. The van der Waals surface area contributed by atoms with Gasteiger partial charge in [-0.25, -0.2) is 0 Å². The van der Waals surface area contributed by atoms with Crippen molar-refractivity contribution in [1.29, 1.82) is 0 Å². The molecule has 4 fully saturated rings. The third-order valence-electron chi connectivity index (χ3n) is 6.49. The number of carbonyl (C=O) groups is 1. The molecule has 0 radical (unpaired) electrons. The first-order valence-corrected chi connectivity index (χ1v) is 7.29.